The molecule has 0 saturated heterocycles. The van der Waals surface area contributed by atoms with Crippen LogP contribution in [0.2, 0.25) is 5.02 Å². The van der Waals surface area contributed by atoms with Crippen LogP contribution < -0.4 is 9.47 Å². The number of carbonyl (C=O) groups is 1. The molecule has 3 aromatic rings. The van der Waals surface area contributed by atoms with Crippen molar-refractivity contribution >= 4 is 23.5 Å². The molecule has 134 valence electrons. The molecular weight excluding hydrogens is 367 g/mol. The standard InChI is InChI=1S/C22H14ClFO3/c23-19-11-16(24)7-6-15(19)13-26-17-8-9-18-20(12-17)27-21(22(18)25)10-14-4-2-1-3-5-14/h1-12H,13H2/b21-10-. The van der Waals surface area contributed by atoms with Crippen molar-refractivity contribution in [1.82, 2.24) is 0 Å². The molecule has 0 aromatic heterocycles. The maximum Gasteiger partial charge on any atom is 0.231 e. The first-order chi connectivity index (χ1) is 13.1. The van der Waals surface area contributed by atoms with Crippen LogP contribution in [0.3, 0.4) is 0 Å². The highest BCUT2D eigenvalue weighted by atomic mass is 35.5. The molecule has 1 aliphatic heterocycles. The van der Waals surface area contributed by atoms with E-state index in [-0.39, 0.29) is 18.1 Å². The van der Waals surface area contributed by atoms with Crippen LogP contribution in [0.15, 0.2) is 72.5 Å². The first-order valence-corrected chi connectivity index (χ1v) is 8.68. The van der Waals surface area contributed by atoms with Gasteiger partial charge in [0.2, 0.25) is 5.78 Å². The zero-order valence-corrected chi connectivity index (χ0v) is 14.9. The Morgan fingerprint density at radius 2 is 1.85 bits per heavy atom. The number of ketones is 1. The van der Waals surface area contributed by atoms with Crippen LogP contribution in [0, 0.1) is 5.82 Å². The Morgan fingerprint density at radius 3 is 2.63 bits per heavy atom. The highest BCUT2D eigenvalue weighted by molar-refractivity contribution is 6.31. The highest BCUT2D eigenvalue weighted by Gasteiger charge is 2.27. The molecule has 0 fully saturated rings. The van der Waals surface area contributed by atoms with Gasteiger partial charge in [0.1, 0.15) is 23.9 Å². The van der Waals surface area contributed by atoms with E-state index in [0.29, 0.717) is 27.6 Å². The van der Waals surface area contributed by atoms with Crippen molar-refractivity contribution in [1.29, 1.82) is 0 Å². The van der Waals surface area contributed by atoms with E-state index in [4.69, 9.17) is 21.1 Å². The summed E-state index contributed by atoms with van der Waals surface area (Å²) >= 11 is 6.01. The van der Waals surface area contributed by atoms with E-state index < -0.39 is 5.82 Å². The van der Waals surface area contributed by atoms with Crippen molar-refractivity contribution in [2.75, 3.05) is 0 Å². The molecule has 0 atom stereocenters. The molecule has 4 rings (SSSR count). The van der Waals surface area contributed by atoms with Crippen LogP contribution in [0.4, 0.5) is 4.39 Å². The number of carbonyl (C=O) groups excluding carboxylic acids is 1. The van der Waals surface area contributed by atoms with Gasteiger partial charge in [-0.05, 0) is 35.9 Å². The van der Waals surface area contributed by atoms with Gasteiger partial charge in [0.25, 0.3) is 0 Å². The molecule has 3 nitrogen and oxygen atoms in total. The average Bonchev–Trinajstić information content (AvgIpc) is 2.97. The first-order valence-electron chi connectivity index (χ1n) is 8.30. The van der Waals surface area contributed by atoms with Gasteiger partial charge in [0.15, 0.2) is 5.76 Å². The molecule has 1 aliphatic rings. The van der Waals surface area contributed by atoms with Gasteiger partial charge in [0.05, 0.1) is 10.6 Å². The van der Waals surface area contributed by atoms with Crippen molar-refractivity contribution in [3.63, 3.8) is 0 Å². The van der Waals surface area contributed by atoms with Gasteiger partial charge in [-0.1, -0.05) is 48.0 Å². The number of ether oxygens (including phenoxy) is 2. The lowest BCUT2D eigenvalue weighted by Crippen LogP contribution is -1.98. The summed E-state index contributed by atoms with van der Waals surface area (Å²) in [5.74, 6) is 0.690. The second-order valence-corrected chi connectivity index (χ2v) is 6.44. The second-order valence-electron chi connectivity index (χ2n) is 6.03. The minimum absolute atomic E-state index is 0.165. The van der Waals surface area contributed by atoms with Gasteiger partial charge in [-0.25, -0.2) is 4.39 Å². The van der Waals surface area contributed by atoms with E-state index in [2.05, 4.69) is 0 Å². The van der Waals surface area contributed by atoms with Crippen LogP contribution in [0.5, 0.6) is 11.5 Å². The fraction of sp³-hybridized carbons (Fsp3) is 0.0455. The molecule has 3 aromatic carbocycles. The zero-order chi connectivity index (χ0) is 18.8. The summed E-state index contributed by atoms with van der Waals surface area (Å²) in [6.45, 7) is 0.179. The Hall–Kier alpha value is -3.11. The number of benzene rings is 3. The fourth-order valence-corrected chi connectivity index (χ4v) is 2.98. The van der Waals surface area contributed by atoms with Crippen molar-refractivity contribution in [3.8, 4) is 11.5 Å². The number of halogens is 2. The van der Waals surface area contributed by atoms with Crippen molar-refractivity contribution in [2.45, 2.75) is 6.61 Å². The second kappa shape index (κ2) is 7.25. The van der Waals surface area contributed by atoms with E-state index in [1.165, 1.54) is 12.1 Å². The Balaban J connectivity index is 1.51. The number of allylic oxidation sites excluding steroid dienone is 1. The molecule has 0 saturated carbocycles. The molecule has 0 bridgehead atoms. The summed E-state index contributed by atoms with van der Waals surface area (Å²) in [6.07, 6.45) is 1.71. The SMILES string of the molecule is O=C1/C(=C/c2ccccc2)Oc2cc(OCc3ccc(F)cc3Cl)ccc21. The predicted molar refractivity (Wildman–Crippen MR) is 102 cm³/mol. The summed E-state index contributed by atoms with van der Waals surface area (Å²) in [5.41, 5.74) is 2.04. The third kappa shape index (κ3) is 3.71. The summed E-state index contributed by atoms with van der Waals surface area (Å²) in [4.78, 5) is 12.5. The lowest BCUT2D eigenvalue weighted by Gasteiger charge is -2.08. The zero-order valence-electron chi connectivity index (χ0n) is 14.1. The van der Waals surface area contributed by atoms with Gasteiger partial charge in [-0.15, -0.1) is 0 Å². The monoisotopic (exact) mass is 380 g/mol. The van der Waals surface area contributed by atoms with E-state index >= 15 is 0 Å². The Morgan fingerprint density at radius 1 is 1.04 bits per heavy atom. The van der Waals surface area contributed by atoms with Crippen molar-refractivity contribution in [3.05, 3.63) is 100 Å². The van der Waals surface area contributed by atoms with E-state index in [1.807, 2.05) is 30.3 Å². The Bertz CT molecular complexity index is 1040. The van der Waals surface area contributed by atoms with Crippen LogP contribution >= 0.6 is 11.6 Å². The number of rotatable bonds is 4. The topological polar surface area (TPSA) is 35.5 Å². The molecule has 0 aliphatic carbocycles. The first kappa shape index (κ1) is 17.3. The van der Waals surface area contributed by atoms with E-state index in [1.54, 1.807) is 30.3 Å². The van der Waals surface area contributed by atoms with Gasteiger partial charge >= 0.3 is 0 Å². The minimum Gasteiger partial charge on any atom is -0.489 e. The molecule has 0 N–H and O–H groups in total. The summed E-state index contributed by atoms with van der Waals surface area (Å²) in [7, 11) is 0. The third-order valence-corrected chi connectivity index (χ3v) is 4.50. The molecule has 0 spiro atoms. The lowest BCUT2D eigenvalue weighted by atomic mass is 10.1. The van der Waals surface area contributed by atoms with Crippen LogP contribution in [-0.4, -0.2) is 5.78 Å². The van der Waals surface area contributed by atoms with Gasteiger partial charge in [-0.2, -0.15) is 0 Å². The van der Waals surface area contributed by atoms with E-state index in [9.17, 15) is 9.18 Å². The maximum absolute atomic E-state index is 13.1. The highest BCUT2D eigenvalue weighted by Crippen LogP contribution is 2.35. The molecule has 27 heavy (non-hydrogen) atoms. The maximum atomic E-state index is 13.1. The van der Waals surface area contributed by atoms with Crippen LogP contribution in [0.1, 0.15) is 21.5 Å². The Labute approximate surface area is 160 Å². The predicted octanol–water partition coefficient (Wildman–Crippen LogP) is 5.67. The quantitative estimate of drug-likeness (QED) is 0.547. The van der Waals surface area contributed by atoms with Gasteiger partial charge in [-0.3, -0.25) is 4.79 Å². The lowest BCUT2D eigenvalue weighted by molar-refractivity contribution is 0.101. The van der Waals surface area contributed by atoms with Gasteiger partial charge in [0, 0.05) is 11.6 Å². The van der Waals surface area contributed by atoms with Crippen LogP contribution in [0.25, 0.3) is 6.08 Å². The molecule has 1 heterocycles. The van der Waals surface area contributed by atoms with Crippen LogP contribution in [-0.2, 0) is 6.61 Å². The molecule has 0 unspecified atom stereocenters. The van der Waals surface area contributed by atoms with Crippen molar-refractivity contribution in [2.24, 2.45) is 0 Å². The molecular formula is C22H14ClFO3. The number of hydrogen-bond donors (Lipinski definition) is 0. The molecule has 5 heteroatoms. The smallest absolute Gasteiger partial charge is 0.231 e. The molecule has 0 amide bonds. The average molecular weight is 381 g/mol. The van der Waals surface area contributed by atoms with E-state index in [0.717, 1.165) is 5.56 Å². The number of hydrogen-bond acceptors (Lipinski definition) is 3. The summed E-state index contributed by atoms with van der Waals surface area (Å²) < 4.78 is 24.5. The number of fused-ring (bicyclic) bond motifs is 1. The normalized spacial score (nSPS) is 14.1. The van der Waals surface area contributed by atoms with Crippen molar-refractivity contribution < 1.29 is 18.7 Å². The number of Topliss-reactive ketones (excluding diaryl/α,β-unsaturated/α-hetero) is 1. The summed E-state index contributed by atoms with van der Waals surface area (Å²) in [6, 6.07) is 18.7. The summed E-state index contributed by atoms with van der Waals surface area (Å²) in [5, 5.41) is 0.302. The Kier molecular flexibility index (Phi) is 4.65. The largest absolute Gasteiger partial charge is 0.489 e. The van der Waals surface area contributed by atoms with Gasteiger partial charge < -0.3 is 9.47 Å². The fourth-order valence-electron chi connectivity index (χ4n) is 2.76. The third-order valence-electron chi connectivity index (χ3n) is 4.15. The minimum atomic E-state index is -0.397. The molecule has 0 radical (unpaired) electrons.